The average Bonchev–Trinajstić information content (AvgIpc) is 2.35. The van der Waals surface area contributed by atoms with Gasteiger partial charge in [-0.2, -0.15) is 0 Å². The van der Waals surface area contributed by atoms with Crippen LogP contribution in [0.5, 0.6) is 5.75 Å². The van der Waals surface area contributed by atoms with Crippen LogP contribution >= 0.6 is 0 Å². The zero-order chi connectivity index (χ0) is 13.1. The summed E-state index contributed by atoms with van der Waals surface area (Å²) in [5, 5.41) is 12.0. The van der Waals surface area contributed by atoms with Crippen LogP contribution < -0.4 is 5.32 Å². The Kier molecular flexibility index (Phi) is 3.76. The van der Waals surface area contributed by atoms with Crippen LogP contribution in [0, 0.1) is 11.6 Å². The molecule has 1 aliphatic rings. The Morgan fingerprint density at radius 1 is 1.44 bits per heavy atom. The maximum atomic E-state index is 13.1. The van der Waals surface area contributed by atoms with Crippen LogP contribution in [0.3, 0.4) is 0 Å². The molecule has 0 spiro atoms. The highest BCUT2D eigenvalue weighted by atomic mass is 19.1. The van der Waals surface area contributed by atoms with Gasteiger partial charge >= 0.3 is 0 Å². The summed E-state index contributed by atoms with van der Waals surface area (Å²) in [5.41, 5.74) is -0.405. The van der Waals surface area contributed by atoms with Crippen LogP contribution in [-0.2, 0) is 4.74 Å². The van der Waals surface area contributed by atoms with Gasteiger partial charge in [-0.3, -0.25) is 4.79 Å². The zero-order valence-electron chi connectivity index (χ0n) is 9.58. The van der Waals surface area contributed by atoms with Gasteiger partial charge in [0.1, 0.15) is 5.82 Å². The van der Waals surface area contributed by atoms with Crippen molar-refractivity contribution in [3.05, 3.63) is 29.3 Å². The lowest BCUT2D eigenvalue weighted by molar-refractivity contribution is 0.0622. The molecule has 4 nitrogen and oxygen atoms in total. The van der Waals surface area contributed by atoms with Gasteiger partial charge in [0.25, 0.3) is 5.91 Å². The summed E-state index contributed by atoms with van der Waals surface area (Å²) < 4.78 is 31.2. The summed E-state index contributed by atoms with van der Waals surface area (Å²) in [6.45, 7) is 1.01. The summed E-state index contributed by atoms with van der Waals surface area (Å²) in [6, 6.07) is 1.13. The third-order valence-corrected chi connectivity index (χ3v) is 2.77. The Morgan fingerprint density at radius 2 is 2.22 bits per heavy atom. The van der Waals surface area contributed by atoms with Gasteiger partial charge in [0.05, 0.1) is 18.2 Å². The van der Waals surface area contributed by atoms with Gasteiger partial charge in [0.2, 0.25) is 0 Å². The average molecular weight is 257 g/mol. The van der Waals surface area contributed by atoms with Gasteiger partial charge in [-0.1, -0.05) is 0 Å². The molecule has 1 amide bonds. The molecule has 0 saturated carbocycles. The number of amides is 1. The van der Waals surface area contributed by atoms with E-state index < -0.39 is 28.9 Å². The first kappa shape index (κ1) is 12.8. The molecule has 98 valence electrons. The van der Waals surface area contributed by atoms with Crippen molar-refractivity contribution in [2.24, 2.45) is 0 Å². The molecule has 6 heteroatoms. The quantitative estimate of drug-likeness (QED) is 0.845. The number of hydrogen-bond acceptors (Lipinski definition) is 3. The summed E-state index contributed by atoms with van der Waals surface area (Å²) in [5.74, 6) is -3.61. The van der Waals surface area contributed by atoms with Crippen LogP contribution in [0.2, 0.25) is 0 Å². The van der Waals surface area contributed by atoms with E-state index in [4.69, 9.17) is 4.74 Å². The molecule has 0 aromatic heterocycles. The SMILES string of the molecule is O=C(N[C@H]1CCCOC1)c1cc(F)cc(F)c1O. The van der Waals surface area contributed by atoms with Crippen molar-refractivity contribution in [2.45, 2.75) is 18.9 Å². The van der Waals surface area contributed by atoms with Crippen molar-refractivity contribution in [3.8, 4) is 5.75 Å². The molecule has 0 bridgehead atoms. The number of phenolic OH excluding ortho intramolecular Hbond substituents is 1. The Morgan fingerprint density at radius 3 is 2.89 bits per heavy atom. The van der Waals surface area contributed by atoms with Crippen LogP contribution in [0.4, 0.5) is 8.78 Å². The number of halogens is 2. The van der Waals surface area contributed by atoms with Crippen LogP contribution in [0.15, 0.2) is 12.1 Å². The minimum atomic E-state index is -1.15. The summed E-state index contributed by atoms with van der Waals surface area (Å²) in [6.07, 6.45) is 1.55. The van der Waals surface area contributed by atoms with E-state index in [1.165, 1.54) is 0 Å². The molecule has 1 aromatic rings. The summed E-state index contributed by atoms with van der Waals surface area (Å²) in [7, 11) is 0. The second-order valence-corrected chi connectivity index (χ2v) is 4.17. The molecule has 0 radical (unpaired) electrons. The first-order valence-electron chi connectivity index (χ1n) is 5.64. The van der Waals surface area contributed by atoms with Crippen molar-refractivity contribution in [3.63, 3.8) is 0 Å². The van der Waals surface area contributed by atoms with E-state index in [1.807, 2.05) is 0 Å². The number of carbonyl (C=O) groups excluding carboxylic acids is 1. The number of carbonyl (C=O) groups is 1. The number of hydrogen-bond donors (Lipinski definition) is 2. The van der Waals surface area contributed by atoms with Gasteiger partial charge in [0, 0.05) is 12.7 Å². The smallest absolute Gasteiger partial charge is 0.255 e. The van der Waals surface area contributed by atoms with Crippen molar-refractivity contribution in [2.75, 3.05) is 13.2 Å². The lowest BCUT2D eigenvalue weighted by Gasteiger charge is -2.23. The standard InChI is InChI=1S/C12H13F2NO3/c13-7-4-9(11(16)10(14)5-7)12(17)15-8-2-1-3-18-6-8/h4-5,8,16H,1-3,6H2,(H,15,17)/t8-/m0/s1. The van der Waals surface area contributed by atoms with E-state index in [-0.39, 0.29) is 6.04 Å². The second-order valence-electron chi connectivity index (χ2n) is 4.17. The maximum absolute atomic E-state index is 13.1. The molecular formula is C12H13F2NO3. The number of rotatable bonds is 2. The third-order valence-electron chi connectivity index (χ3n) is 2.77. The first-order valence-corrected chi connectivity index (χ1v) is 5.64. The molecular weight excluding hydrogens is 244 g/mol. The van der Waals surface area contributed by atoms with E-state index in [9.17, 15) is 18.7 Å². The predicted molar refractivity (Wildman–Crippen MR) is 59.3 cm³/mol. The van der Waals surface area contributed by atoms with Crippen molar-refractivity contribution < 1.29 is 23.4 Å². The number of aromatic hydroxyl groups is 1. The Hall–Kier alpha value is -1.69. The van der Waals surface area contributed by atoms with Gasteiger partial charge in [0.15, 0.2) is 11.6 Å². The topological polar surface area (TPSA) is 58.6 Å². The molecule has 0 unspecified atom stereocenters. The minimum Gasteiger partial charge on any atom is -0.504 e. The van der Waals surface area contributed by atoms with Crippen molar-refractivity contribution in [1.29, 1.82) is 0 Å². The van der Waals surface area contributed by atoms with E-state index in [0.29, 0.717) is 19.3 Å². The van der Waals surface area contributed by atoms with Gasteiger partial charge in [-0.25, -0.2) is 8.78 Å². The Balaban J connectivity index is 2.13. The molecule has 1 saturated heterocycles. The second kappa shape index (κ2) is 5.30. The van der Waals surface area contributed by atoms with Crippen molar-refractivity contribution in [1.82, 2.24) is 5.32 Å². The normalized spacial score (nSPS) is 19.6. The summed E-state index contributed by atoms with van der Waals surface area (Å²) >= 11 is 0. The van der Waals surface area contributed by atoms with Gasteiger partial charge < -0.3 is 15.2 Å². The predicted octanol–water partition coefficient (Wildman–Crippen LogP) is 1.58. The van der Waals surface area contributed by atoms with Crippen LogP contribution in [-0.4, -0.2) is 30.3 Å². The molecule has 1 fully saturated rings. The Bertz CT molecular complexity index is 459. The lowest BCUT2D eigenvalue weighted by Crippen LogP contribution is -2.40. The molecule has 1 atom stereocenters. The molecule has 18 heavy (non-hydrogen) atoms. The van der Waals surface area contributed by atoms with Gasteiger partial charge in [-0.05, 0) is 18.9 Å². The number of ether oxygens (including phenoxy) is 1. The van der Waals surface area contributed by atoms with E-state index in [0.717, 1.165) is 18.9 Å². The number of benzene rings is 1. The molecule has 0 aliphatic carbocycles. The highest BCUT2D eigenvalue weighted by molar-refractivity contribution is 5.97. The molecule has 1 heterocycles. The minimum absolute atomic E-state index is 0.197. The fourth-order valence-electron chi connectivity index (χ4n) is 1.86. The third kappa shape index (κ3) is 2.76. The van der Waals surface area contributed by atoms with E-state index in [2.05, 4.69) is 5.32 Å². The molecule has 2 N–H and O–H groups in total. The first-order chi connectivity index (χ1) is 8.58. The van der Waals surface area contributed by atoms with Crippen LogP contribution in [0.25, 0.3) is 0 Å². The zero-order valence-corrected chi connectivity index (χ0v) is 9.58. The number of nitrogens with one attached hydrogen (secondary N) is 1. The van der Waals surface area contributed by atoms with E-state index in [1.54, 1.807) is 0 Å². The number of phenols is 1. The maximum Gasteiger partial charge on any atom is 0.255 e. The highest BCUT2D eigenvalue weighted by Crippen LogP contribution is 2.22. The monoisotopic (exact) mass is 257 g/mol. The summed E-state index contributed by atoms with van der Waals surface area (Å²) in [4.78, 5) is 11.8. The fourth-order valence-corrected chi connectivity index (χ4v) is 1.86. The lowest BCUT2D eigenvalue weighted by atomic mass is 10.1. The highest BCUT2D eigenvalue weighted by Gasteiger charge is 2.21. The van der Waals surface area contributed by atoms with Crippen LogP contribution in [0.1, 0.15) is 23.2 Å². The largest absolute Gasteiger partial charge is 0.504 e. The fraction of sp³-hybridized carbons (Fsp3) is 0.417. The molecule has 1 aliphatic heterocycles. The van der Waals surface area contributed by atoms with E-state index >= 15 is 0 Å². The molecule has 2 rings (SSSR count). The Labute approximate surface area is 103 Å². The molecule has 1 aromatic carbocycles. The van der Waals surface area contributed by atoms with Gasteiger partial charge in [-0.15, -0.1) is 0 Å². The van der Waals surface area contributed by atoms with Crippen molar-refractivity contribution >= 4 is 5.91 Å².